The Balaban J connectivity index is 1.36. The molecule has 1 amide bonds. The first kappa shape index (κ1) is 19.4. The number of carbonyl (C=O) groups excluding carboxylic acids is 1. The third-order valence-electron chi connectivity index (χ3n) is 5.41. The van der Waals surface area contributed by atoms with E-state index in [9.17, 15) is 17.6 Å². The Morgan fingerprint density at radius 1 is 0.964 bits per heavy atom. The summed E-state index contributed by atoms with van der Waals surface area (Å²) in [5, 5.41) is 0.481. The predicted molar refractivity (Wildman–Crippen MR) is 104 cm³/mol. The summed E-state index contributed by atoms with van der Waals surface area (Å²) in [6, 6.07) is 12.4. The van der Waals surface area contributed by atoms with E-state index in [4.69, 9.17) is 11.6 Å². The van der Waals surface area contributed by atoms with Crippen molar-refractivity contribution in [2.24, 2.45) is 5.92 Å². The second-order valence-electron chi connectivity index (χ2n) is 7.18. The van der Waals surface area contributed by atoms with Crippen LogP contribution in [0.25, 0.3) is 0 Å². The summed E-state index contributed by atoms with van der Waals surface area (Å²) >= 11 is 5.83. The van der Waals surface area contributed by atoms with Crippen molar-refractivity contribution in [3.8, 4) is 0 Å². The summed E-state index contributed by atoms with van der Waals surface area (Å²) in [5.41, 5.74) is 0.976. The van der Waals surface area contributed by atoms with Crippen molar-refractivity contribution in [2.45, 2.75) is 17.2 Å². The van der Waals surface area contributed by atoms with E-state index in [0.717, 1.165) is 12.0 Å². The van der Waals surface area contributed by atoms with Crippen LogP contribution >= 0.6 is 11.6 Å². The lowest BCUT2D eigenvalue weighted by Gasteiger charge is -2.34. The molecular weight excluding hydrogens is 403 g/mol. The van der Waals surface area contributed by atoms with Gasteiger partial charge in [-0.05, 0) is 54.3 Å². The normalized spacial score (nSPS) is 22.9. The molecule has 2 aromatic rings. The number of hydrogen-bond donors (Lipinski definition) is 0. The minimum absolute atomic E-state index is 0.0536. The van der Waals surface area contributed by atoms with Crippen LogP contribution < -0.4 is 0 Å². The molecule has 2 atom stereocenters. The van der Waals surface area contributed by atoms with Crippen molar-refractivity contribution in [1.29, 1.82) is 0 Å². The maximum atomic E-state index is 13.1. The molecule has 1 saturated carbocycles. The highest BCUT2D eigenvalue weighted by Crippen LogP contribution is 2.48. The van der Waals surface area contributed by atoms with Crippen molar-refractivity contribution in [1.82, 2.24) is 9.21 Å². The molecule has 2 unspecified atom stereocenters. The second-order valence-corrected chi connectivity index (χ2v) is 9.56. The van der Waals surface area contributed by atoms with Gasteiger partial charge in [-0.1, -0.05) is 23.7 Å². The number of nitrogens with zero attached hydrogens (tertiary/aromatic N) is 2. The Bertz CT molecular complexity index is 972. The van der Waals surface area contributed by atoms with Crippen molar-refractivity contribution < 1.29 is 17.6 Å². The average Bonchev–Trinajstić information content (AvgIpc) is 3.49. The second kappa shape index (κ2) is 7.46. The quantitative estimate of drug-likeness (QED) is 0.760. The van der Waals surface area contributed by atoms with E-state index in [-0.39, 0.29) is 41.5 Å². The molecule has 0 aromatic heterocycles. The number of piperazine rings is 1. The molecule has 1 heterocycles. The molecule has 28 heavy (non-hydrogen) atoms. The number of amides is 1. The topological polar surface area (TPSA) is 57.7 Å². The van der Waals surface area contributed by atoms with Gasteiger partial charge >= 0.3 is 0 Å². The van der Waals surface area contributed by atoms with Gasteiger partial charge in [-0.2, -0.15) is 4.31 Å². The highest BCUT2D eigenvalue weighted by atomic mass is 35.5. The van der Waals surface area contributed by atoms with Crippen LogP contribution in [0.4, 0.5) is 4.39 Å². The molecule has 0 spiro atoms. The first-order valence-electron chi connectivity index (χ1n) is 9.16. The fraction of sp³-hybridized carbons (Fsp3) is 0.350. The van der Waals surface area contributed by atoms with Gasteiger partial charge in [0.2, 0.25) is 15.9 Å². The molecule has 0 N–H and O–H groups in total. The monoisotopic (exact) mass is 422 g/mol. The lowest BCUT2D eigenvalue weighted by Crippen LogP contribution is -2.51. The van der Waals surface area contributed by atoms with Crippen molar-refractivity contribution in [3.63, 3.8) is 0 Å². The minimum Gasteiger partial charge on any atom is -0.340 e. The molecule has 2 aliphatic rings. The lowest BCUT2D eigenvalue weighted by molar-refractivity contribution is -0.133. The summed E-state index contributed by atoms with van der Waals surface area (Å²) in [6.07, 6.45) is 0.758. The van der Waals surface area contributed by atoms with Gasteiger partial charge in [0, 0.05) is 37.1 Å². The van der Waals surface area contributed by atoms with Gasteiger partial charge in [0.05, 0.1) is 4.90 Å². The van der Waals surface area contributed by atoms with Crippen LogP contribution in [-0.2, 0) is 14.8 Å². The summed E-state index contributed by atoms with van der Waals surface area (Å²) in [4.78, 5) is 14.7. The third kappa shape index (κ3) is 3.79. The molecule has 0 bridgehead atoms. The molecule has 148 valence electrons. The SMILES string of the molecule is O=C(C1CC1c1ccc(F)cc1)N1CCN(S(=O)(=O)c2ccc(Cl)cc2)CC1. The van der Waals surface area contributed by atoms with E-state index in [2.05, 4.69) is 0 Å². The number of hydrogen-bond acceptors (Lipinski definition) is 3. The largest absolute Gasteiger partial charge is 0.340 e. The van der Waals surface area contributed by atoms with Crippen molar-refractivity contribution >= 4 is 27.5 Å². The zero-order valence-corrected chi connectivity index (χ0v) is 16.7. The first-order valence-corrected chi connectivity index (χ1v) is 11.0. The lowest BCUT2D eigenvalue weighted by atomic mass is 10.1. The minimum atomic E-state index is -3.59. The molecule has 4 rings (SSSR count). The Kier molecular flexibility index (Phi) is 5.16. The molecule has 2 aromatic carbocycles. The zero-order chi connectivity index (χ0) is 19.9. The molecular formula is C20H20ClFN2O3S. The van der Waals surface area contributed by atoms with Gasteiger partial charge < -0.3 is 4.90 Å². The van der Waals surface area contributed by atoms with Crippen LogP contribution in [-0.4, -0.2) is 49.7 Å². The van der Waals surface area contributed by atoms with E-state index in [1.165, 1.54) is 28.6 Å². The molecule has 0 radical (unpaired) electrons. The van der Waals surface area contributed by atoms with Gasteiger partial charge in [-0.15, -0.1) is 0 Å². The van der Waals surface area contributed by atoms with E-state index < -0.39 is 10.0 Å². The van der Waals surface area contributed by atoms with Gasteiger partial charge in [-0.3, -0.25) is 4.79 Å². The number of sulfonamides is 1. The van der Waals surface area contributed by atoms with Crippen molar-refractivity contribution in [2.75, 3.05) is 26.2 Å². The van der Waals surface area contributed by atoms with E-state index in [1.54, 1.807) is 29.2 Å². The Labute approximate surface area is 168 Å². The standard InChI is InChI=1S/C20H20ClFN2O3S/c21-15-3-7-17(8-4-15)28(26,27)24-11-9-23(10-12-24)20(25)19-13-18(19)14-1-5-16(22)6-2-14/h1-8,18-19H,9-13H2. The summed E-state index contributed by atoms with van der Waals surface area (Å²) in [5.74, 6) is -0.197. The zero-order valence-electron chi connectivity index (χ0n) is 15.1. The Hall–Kier alpha value is -1.96. The van der Waals surface area contributed by atoms with Crippen LogP contribution in [0.3, 0.4) is 0 Å². The molecule has 1 aliphatic heterocycles. The van der Waals surface area contributed by atoms with Crippen molar-refractivity contribution in [3.05, 3.63) is 64.9 Å². The van der Waals surface area contributed by atoms with E-state index in [1.807, 2.05) is 0 Å². The maximum Gasteiger partial charge on any atom is 0.243 e. The summed E-state index contributed by atoms with van der Waals surface area (Å²) in [7, 11) is -3.59. The number of benzene rings is 2. The van der Waals surface area contributed by atoms with Gasteiger partial charge in [0.1, 0.15) is 5.82 Å². The predicted octanol–water partition coefficient (Wildman–Crippen LogP) is 3.12. The molecule has 8 heteroatoms. The fourth-order valence-electron chi connectivity index (χ4n) is 3.69. The van der Waals surface area contributed by atoms with Crippen LogP contribution in [0.15, 0.2) is 53.4 Å². The number of carbonyl (C=O) groups is 1. The smallest absolute Gasteiger partial charge is 0.243 e. The number of rotatable bonds is 4. The Morgan fingerprint density at radius 3 is 2.18 bits per heavy atom. The molecule has 1 saturated heterocycles. The molecule has 1 aliphatic carbocycles. The summed E-state index contributed by atoms with van der Waals surface area (Å²) < 4.78 is 39.9. The van der Waals surface area contributed by atoms with Gasteiger partial charge in [-0.25, -0.2) is 12.8 Å². The molecule has 2 fully saturated rings. The average molecular weight is 423 g/mol. The van der Waals surface area contributed by atoms with E-state index >= 15 is 0 Å². The van der Waals surface area contributed by atoms with Crippen LogP contribution in [0, 0.1) is 11.7 Å². The van der Waals surface area contributed by atoms with Crippen LogP contribution in [0.5, 0.6) is 0 Å². The third-order valence-corrected chi connectivity index (χ3v) is 7.57. The fourth-order valence-corrected chi connectivity index (χ4v) is 5.23. The first-order chi connectivity index (χ1) is 13.4. The molecule has 5 nitrogen and oxygen atoms in total. The van der Waals surface area contributed by atoms with Crippen LogP contribution in [0.1, 0.15) is 17.9 Å². The van der Waals surface area contributed by atoms with Gasteiger partial charge in [0.25, 0.3) is 0 Å². The van der Waals surface area contributed by atoms with Crippen LogP contribution in [0.2, 0.25) is 5.02 Å². The highest BCUT2D eigenvalue weighted by molar-refractivity contribution is 7.89. The maximum absolute atomic E-state index is 13.1. The van der Waals surface area contributed by atoms with Gasteiger partial charge in [0.15, 0.2) is 0 Å². The number of halogens is 2. The van der Waals surface area contributed by atoms with E-state index in [0.29, 0.717) is 18.1 Å². The highest BCUT2D eigenvalue weighted by Gasteiger charge is 2.46. The summed E-state index contributed by atoms with van der Waals surface area (Å²) in [6.45, 7) is 1.28. The Morgan fingerprint density at radius 2 is 1.57 bits per heavy atom.